The van der Waals surface area contributed by atoms with Crippen molar-refractivity contribution in [2.24, 2.45) is 0 Å². The maximum absolute atomic E-state index is 2.51. The van der Waals surface area contributed by atoms with Crippen LogP contribution in [0.25, 0.3) is 66.4 Å². The van der Waals surface area contributed by atoms with Gasteiger partial charge < -0.3 is 4.90 Å². The first-order valence-corrected chi connectivity index (χ1v) is 22.5. The maximum atomic E-state index is 2.51. The van der Waals surface area contributed by atoms with E-state index in [4.69, 9.17) is 0 Å². The van der Waals surface area contributed by atoms with Crippen LogP contribution in [0.2, 0.25) is 0 Å². The summed E-state index contributed by atoms with van der Waals surface area (Å²) in [7, 11) is 0. The summed E-state index contributed by atoms with van der Waals surface area (Å²) in [6.07, 6.45) is 6.51. The summed E-state index contributed by atoms with van der Waals surface area (Å²) in [6, 6.07) is 76.8. The van der Waals surface area contributed by atoms with Gasteiger partial charge in [0.05, 0.1) is 5.69 Å². The number of fused-ring (bicyclic) bond motifs is 4. The maximum Gasteiger partial charge on any atom is 0.0540 e. The zero-order valence-corrected chi connectivity index (χ0v) is 35.7. The Morgan fingerprint density at radius 3 is 1.73 bits per heavy atom. The minimum atomic E-state index is -0.121. The second kappa shape index (κ2) is 15.8. The molecule has 9 aromatic carbocycles. The highest BCUT2D eigenvalue weighted by Gasteiger charge is 2.36. The van der Waals surface area contributed by atoms with Gasteiger partial charge in [0.1, 0.15) is 0 Å². The summed E-state index contributed by atoms with van der Waals surface area (Å²) in [4.78, 5) is 2.51. The lowest BCUT2D eigenvalue weighted by Gasteiger charge is -2.30. The van der Waals surface area contributed by atoms with Gasteiger partial charge >= 0.3 is 0 Å². The monoisotopic (exact) mass is 797 g/mol. The fourth-order valence-electron chi connectivity index (χ4n) is 10.8. The van der Waals surface area contributed by atoms with E-state index < -0.39 is 0 Å². The Balaban J connectivity index is 1.07. The number of anilines is 3. The summed E-state index contributed by atoms with van der Waals surface area (Å²) >= 11 is 0. The predicted molar refractivity (Wildman–Crippen MR) is 264 cm³/mol. The molecule has 0 N–H and O–H groups in total. The van der Waals surface area contributed by atoms with Gasteiger partial charge in [-0.2, -0.15) is 0 Å². The van der Waals surface area contributed by atoms with Gasteiger partial charge in [0.15, 0.2) is 0 Å². The summed E-state index contributed by atoms with van der Waals surface area (Å²) in [5, 5.41) is 2.73. The van der Waals surface area contributed by atoms with Crippen molar-refractivity contribution in [1.29, 1.82) is 0 Å². The van der Waals surface area contributed by atoms with Crippen LogP contribution in [0.3, 0.4) is 0 Å². The molecule has 0 aliphatic heterocycles. The molecule has 0 unspecified atom stereocenters. The Kier molecular flexibility index (Phi) is 9.69. The summed E-state index contributed by atoms with van der Waals surface area (Å²) in [5.41, 5.74) is 20.1. The van der Waals surface area contributed by atoms with Crippen LogP contribution < -0.4 is 4.90 Å². The van der Waals surface area contributed by atoms with Crippen molar-refractivity contribution in [2.75, 3.05) is 4.90 Å². The van der Waals surface area contributed by atoms with Gasteiger partial charge in [-0.1, -0.05) is 203 Å². The summed E-state index contributed by atoms with van der Waals surface area (Å²) in [5.74, 6) is 0.592. The van der Waals surface area contributed by atoms with Crippen molar-refractivity contribution >= 4 is 27.8 Å². The molecule has 2 aliphatic rings. The van der Waals surface area contributed by atoms with Gasteiger partial charge in [-0.05, 0) is 133 Å². The van der Waals surface area contributed by atoms with E-state index >= 15 is 0 Å². The average molecular weight is 798 g/mol. The fraction of sp³-hybridized carbons (Fsp3) is 0.148. The average Bonchev–Trinajstić information content (AvgIpc) is 3.57. The molecule has 62 heavy (non-hydrogen) atoms. The molecule has 1 fully saturated rings. The van der Waals surface area contributed by atoms with Crippen molar-refractivity contribution in [3.05, 3.63) is 223 Å². The highest BCUT2D eigenvalue weighted by atomic mass is 15.1. The second-order valence-electron chi connectivity index (χ2n) is 17.9. The normalized spacial score (nSPS) is 14.4. The molecule has 1 heteroatoms. The van der Waals surface area contributed by atoms with E-state index in [0.29, 0.717) is 5.92 Å². The summed E-state index contributed by atoms with van der Waals surface area (Å²) < 4.78 is 0. The van der Waals surface area contributed by atoms with Gasteiger partial charge in [0.25, 0.3) is 0 Å². The van der Waals surface area contributed by atoms with E-state index in [2.05, 4.69) is 225 Å². The number of hydrogen-bond acceptors (Lipinski definition) is 1. The first-order chi connectivity index (χ1) is 30.5. The zero-order chi connectivity index (χ0) is 41.6. The lowest BCUT2D eigenvalue weighted by molar-refractivity contribution is 0.445. The van der Waals surface area contributed by atoms with Crippen molar-refractivity contribution in [3.63, 3.8) is 0 Å². The SMILES string of the molecule is CC1(C)c2ccccc2-c2ccc(N(c3ccc(-c4ccc(-c5ccccc5)c(-c5ccccc5)c4)cc3)c3ccccc3-c3cccc4cccc(C5CCCCC5)c34)cc21. The van der Waals surface area contributed by atoms with Gasteiger partial charge in [-0.25, -0.2) is 0 Å². The number of para-hydroxylation sites is 1. The third-order valence-electron chi connectivity index (χ3n) is 13.9. The molecule has 1 nitrogen and oxygen atoms in total. The quantitative estimate of drug-likeness (QED) is 0.148. The molecule has 0 saturated heterocycles. The van der Waals surface area contributed by atoms with E-state index in [1.807, 2.05) is 0 Å². The highest BCUT2D eigenvalue weighted by Crippen LogP contribution is 2.52. The van der Waals surface area contributed by atoms with Crippen LogP contribution in [0.1, 0.15) is 68.6 Å². The van der Waals surface area contributed by atoms with Gasteiger partial charge in [-0.3, -0.25) is 0 Å². The first-order valence-electron chi connectivity index (χ1n) is 22.5. The number of nitrogens with zero attached hydrogens (tertiary/aromatic N) is 1. The van der Waals surface area contributed by atoms with Crippen molar-refractivity contribution in [1.82, 2.24) is 0 Å². The molecule has 0 bridgehead atoms. The minimum absolute atomic E-state index is 0.121. The van der Waals surface area contributed by atoms with Crippen LogP contribution in [-0.2, 0) is 5.41 Å². The van der Waals surface area contributed by atoms with Gasteiger partial charge in [0.2, 0.25) is 0 Å². The number of hydrogen-bond donors (Lipinski definition) is 0. The minimum Gasteiger partial charge on any atom is -0.310 e. The van der Waals surface area contributed by atoms with E-state index in [9.17, 15) is 0 Å². The number of rotatable bonds is 8. The molecular formula is C61H51N. The first kappa shape index (κ1) is 38.0. The molecule has 9 aromatic rings. The Morgan fingerprint density at radius 2 is 0.968 bits per heavy atom. The van der Waals surface area contributed by atoms with E-state index in [1.165, 1.54) is 121 Å². The molecular weight excluding hydrogens is 747 g/mol. The molecule has 2 aliphatic carbocycles. The van der Waals surface area contributed by atoms with Crippen molar-refractivity contribution in [3.8, 4) is 55.6 Å². The molecule has 0 aromatic heterocycles. The van der Waals surface area contributed by atoms with Gasteiger partial charge in [0, 0.05) is 22.4 Å². The third kappa shape index (κ3) is 6.64. The molecule has 1 saturated carbocycles. The lowest BCUT2D eigenvalue weighted by atomic mass is 9.80. The van der Waals surface area contributed by atoms with Crippen molar-refractivity contribution in [2.45, 2.75) is 57.3 Å². The van der Waals surface area contributed by atoms with Crippen LogP contribution in [0.4, 0.5) is 17.1 Å². The second-order valence-corrected chi connectivity index (χ2v) is 17.9. The summed E-state index contributed by atoms with van der Waals surface area (Å²) in [6.45, 7) is 4.76. The van der Waals surface area contributed by atoms with Crippen molar-refractivity contribution < 1.29 is 0 Å². The molecule has 0 amide bonds. The Hall–Kier alpha value is -6.96. The van der Waals surface area contributed by atoms with E-state index in [-0.39, 0.29) is 5.41 Å². The smallest absolute Gasteiger partial charge is 0.0540 e. The topological polar surface area (TPSA) is 3.24 Å². The van der Waals surface area contributed by atoms with Gasteiger partial charge in [-0.15, -0.1) is 0 Å². The molecule has 11 rings (SSSR count). The van der Waals surface area contributed by atoms with Crippen LogP contribution >= 0.6 is 0 Å². The van der Waals surface area contributed by atoms with Crippen LogP contribution in [0.5, 0.6) is 0 Å². The van der Waals surface area contributed by atoms with Crippen LogP contribution in [0, 0.1) is 0 Å². The Bertz CT molecular complexity index is 3060. The molecule has 0 spiro atoms. The third-order valence-corrected chi connectivity index (χ3v) is 13.9. The Labute approximate surface area is 367 Å². The molecule has 0 atom stereocenters. The van der Waals surface area contributed by atoms with Crippen LogP contribution in [-0.4, -0.2) is 0 Å². The fourth-order valence-corrected chi connectivity index (χ4v) is 10.8. The largest absolute Gasteiger partial charge is 0.310 e. The van der Waals surface area contributed by atoms with Crippen LogP contribution in [0.15, 0.2) is 206 Å². The predicted octanol–water partition coefficient (Wildman–Crippen LogP) is 17.3. The molecule has 0 heterocycles. The highest BCUT2D eigenvalue weighted by molar-refractivity contribution is 6.03. The molecule has 300 valence electrons. The number of benzene rings is 9. The standard InChI is InChI=1S/C61H51N/c1-61(2)57-30-14-12-26-52(57)53-39-37-49(41-58(53)61)62(59-31-15-13-27-54(59)55-29-17-25-46-24-16-28-51(60(46)55)44-20-8-4-9-21-44)48-35-32-42(33-36-48)47-34-38-50(43-18-6-3-7-19-43)56(40-47)45-22-10-5-11-23-45/h3,5-7,10-19,22-41,44H,4,8-9,20-21H2,1-2H3. The zero-order valence-electron chi connectivity index (χ0n) is 35.7. The Morgan fingerprint density at radius 1 is 0.387 bits per heavy atom. The van der Waals surface area contributed by atoms with E-state index in [0.717, 1.165) is 11.4 Å². The van der Waals surface area contributed by atoms with E-state index in [1.54, 1.807) is 0 Å². The molecule has 0 radical (unpaired) electrons. The lowest BCUT2D eigenvalue weighted by Crippen LogP contribution is -2.17.